The summed E-state index contributed by atoms with van der Waals surface area (Å²) in [6, 6.07) is 13.1. The maximum absolute atomic E-state index is 14.0. The minimum atomic E-state index is -1.99. The van der Waals surface area contributed by atoms with Gasteiger partial charge in [0.25, 0.3) is 0 Å². The highest BCUT2D eigenvalue weighted by molar-refractivity contribution is 7.79. The average molecular weight is 430 g/mol. The van der Waals surface area contributed by atoms with Gasteiger partial charge < -0.3 is 18.9 Å². The van der Waals surface area contributed by atoms with E-state index >= 15 is 0 Å². The lowest BCUT2D eigenvalue weighted by Crippen LogP contribution is -2.55. The largest absolute Gasteiger partial charge is 0.368 e. The van der Waals surface area contributed by atoms with E-state index in [-0.39, 0.29) is 17.8 Å². The van der Waals surface area contributed by atoms with Crippen molar-refractivity contribution >= 4 is 33.6 Å². The van der Waals surface area contributed by atoms with Crippen molar-refractivity contribution in [2.75, 3.05) is 24.5 Å². The fourth-order valence-corrected chi connectivity index (χ4v) is 4.51. The summed E-state index contributed by atoms with van der Waals surface area (Å²) in [6.07, 6.45) is 1.77. The number of carbonyl (C=O) groups excluding carboxylic acids is 1. The van der Waals surface area contributed by atoms with E-state index in [1.54, 1.807) is 30.5 Å². The topological polar surface area (TPSA) is 65.8 Å². The van der Waals surface area contributed by atoms with Crippen molar-refractivity contribution in [2.24, 2.45) is 0 Å². The molecule has 1 aromatic heterocycles. The Morgan fingerprint density at radius 1 is 1.17 bits per heavy atom. The van der Waals surface area contributed by atoms with Crippen molar-refractivity contribution in [3.63, 3.8) is 0 Å². The molecule has 8 heteroatoms. The molecule has 1 aliphatic rings. The second-order valence-corrected chi connectivity index (χ2v) is 8.61. The maximum atomic E-state index is 14.0. The van der Waals surface area contributed by atoms with Crippen LogP contribution in [0.15, 0.2) is 59.6 Å². The van der Waals surface area contributed by atoms with Crippen LogP contribution >= 0.6 is 0 Å². The van der Waals surface area contributed by atoms with E-state index in [0.717, 1.165) is 5.69 Å². The Bertz CT molecular complexity index is 1100. The fraction of sp³-hybridized carbons (Fsp3) is 0.318. The van der Waals surface area contributed by atoms with Crippen molar-refractivity contribution in [1.29, 1.82) is 0 Å². The molecule has 0 saturated carbocycles. The van der Waals surface area contributed by atoms with Crippen LogP contribution in [0.1, 0.15) is 19.9 Å². The Hall–Kier alpha value is -2.71. The SMILES string of the molecule is C[C@H]1CN(c2ccc(S(=O)O)cc2)CCN1C(=O)[C@H](C)n1ccc2c(F)cccc21. The van der Waals surface area contributed by atoms with Gasteiger partial charge in [0.2, 0.25) is 5.91 Å². The molecule has 3 atom stereocenters. The molecule has 30 heavy (non-hydrogen) atoms. The number of hydrogen-bond acceptors (Lipinski definition) is 3. The first-order valence-electron chi connectivity index (χ1n) is 9.88. The van der Waals surface area contributed by atoms with E-state index < -0.39 is 17.1 Å². The number of rotatable bonds is 4. The normalized spacial score (nSPS) is 19.1. The number of halogens is 1. The highest BCUT2D eigenvalue weighted by atomic mass is 32.2. The highest BCUT2D eigenvalue weighted by Gasteiger charge is 2.31. The second kappa shape index (κ2) is 8.20. The van der Waals surface area contributed by atoms with Gasteiger partial charge in [0, 0.05) is 42.9 Å². The number of hydrogen-bond donors (Lipinski definition) is 1. The lowest BCUT2D eigenvalue weighted by molar-refractivity contribution is -0.136. The quantitative estimate of drug-likeness (QED) is 0.643. The van der Waals surface area contributed by atoms with Crippen molar-refractivity contribution in [3.05, 3.63) is 60.5 Å². The third kappa shape index (κ3) is 3.73. The summed E-state index contributed by atoms with van der Waals surface area (Å²) in [4.78, 5) is 17.6. The van der Waals surface area contributed by atoms with Gasteiger partial charge in [-0.2, -0.15) is 0 Å². The van der Waals surface area contributed by atoms with Gasteiger partial charge in [-0.25, -0.2) is 8.60 Å². The summed E-state index contributed by atoms with van der Waals surface area (Å²) < 4.78 is 36.2. The van der Waals surface area contributed by atoms with Crippen molar-refractivity contribution in [1.82, 2.24) is 9.47 Å². The van der Waals surface area contributed by atoms with Gasteiger partial charge >= 0.3 is 0 Å². The monoisotopic (exact) mass is 429 g/mol. The fourth-order valence-electron chi connectivity index (χ4n) is 4.14. The molecule has 0 spiro atoms. The summed E-state index contributed by atoms with van der Waals surface area (Å²) in [5, 5.41) is 0.516. The summed E-state index contributed by atoms with van der Waals surface area (Å²) >= 11 is -1.99. The summed E-state index contributed by atoms with van der Waals surface area (Å²) in [7, 11) is 0. The van der Waals surface area contributed by atoms with Crippen LogP contribution in [-0.4, -0.2) is 49.8 Å². The van der Waals surface area contributed by atoms with Gasteiger partial charge in [-0.1, -0.05) is 6.07 Å². The zero-order valence-electron chi connectivity index (χ0n) is 16.9. The van der Waals surface area contributed by atoms with Crippen molar-refractivity contribution in [3.8, 4) is 0 Å². The molecule has 0 aliphatic carbocycles. The molecule has 1 amide bonds. The molecule has 2 aromatic carbocycles. The Morgan fingerprint density at radius 2 is 1.90 bits per heavy atom. The molecule has 1 fully saturated rings. The molecule has 0 bridgehead atoms. The number of benzene rings is 2. The van der Waals surface area contributed by atoms with Gasteiger partial charge in [0.1, 0.15) is 11.9 Å². The van der Waals surface area contributed by atoms with Crippen molar-refractivity contribution < 1.29 is 17.9 Å². The van der Waals surface area contributed by atoms with E-state index in [1.165, 1.54) is 6.07 Å². The molecule has 6 nitrogen and oxygen atoms in total. The number of amides is 1. The van der Waals surface area contributed by atoms with Crippen LogP contribution in [0.4, 0.5) is 10.1 Å². The third-order valence-corrected chi connectivity index (χ3v) is 6.47. The molecule has 158 valence electrons. The van der Waals surface area contributed by atoms with Crippen LogP contribution in [-0.2, 0) is 15.9 Å². The lowest BCUT2D eigenvalue weighted by atomic mass is 10.1. The number of aromatic nitrogens is 1. The van der Waals surface area contributed by atoms with E-state index in [9.17, 15) is 13.4 Å². The number of anilines is 1. The molecule has 1 N–H and O–H groups in total. The Kier molecular flexibility index (Phi) is 5.62. The third-order valence-electron chi connectivity index (χ3n) is 5.80. The predicted octanol–water partition coefficient (Wildman–Crippen LogP) is 3.66. The van der Waals surface area contributed by atoms with Gasteiger partial charge in [-0.15, -0.1) is 0 Å². The minimum absolute atomic E-state index is 0.00101. The molecule has 0 radical (unpaired) electrons. The summed E-state index contributed by atoms with van der Waals surface area (Å²) in [6.45, 7) is 5.78. The molecule has 2 heterocycles. The number of nitrogens with zero attached hydrogens (tertiary/aromatic N) is 3. The van der Waals surface area contributed by atoms with E-state index in [1.807, 2.05) is 41.5 Å². The maximum Gasteiger partial charge on any atom is 0.245 e. The molecule has 1 aliphatic heterocycles. The van der Waals surface area contributed by atoms with E-state index in [2.05, 4.69) is 4.90 Å². The lowest BCUT2D eigenvalue weighted by Gasteiger charge is -2.42. The van der Waals surface area contributed by atoms with Crippen molar-refractivity contribution in [2.45, 2.75) is 30.8 Å². The van der Waals surface area contributed by atoms with Gasteiger partial charge in [-0.05, 0) is 56.3 Å². The highest BCUT2D eigenvalue weighted by Crippen LogP contribution is 2.26. The Labute approximate surface area is 177 Å². The molecular formula is C22H24FN3O3S. The predicted molar refractivity (Wildman–Crippen MR) is 115 cm³/mol. The standard InChI is InChI=1S/C22H24FN3O3S/c1-15-14-24(17-6-8-18(9-7-17)30(28)29)12-13-25(15)22(27)16(2)26-11-10-19-20(23)4-3-5-21(19)26/h3-11,15-16H,12-14H2,1-2H3,(H,28,29)/t15-,16-/m0/s1. The first-order valence-corrected chi connectivity index (χ1v) is 11.0. The molecular weight excluding hydrogens is 405 g/mol. The average Bonchev–Trinajstić information content (AvgIpc) is 3.18. The minimum Gasteiger partial charge on any atom is -0.368 e. The first-order chi connectivity index (χ1) is 14.4. The molecule has 1 unspecified atom stereocenters. The van der Waals surface area contributed by atoms with Crippen LogP contribution in [0.5, 0.6) is 0 Å². The van der Waals surface area contributed by atoms with Gasteiger partial charge in [0.05, 0.1) is 10.4 Å². The van der Waals surface area contributed by atoms with Gasteiger partial charge in [-0.3, -0.25) is 4.79 Å². The smallest absolute Gasteiger partial charge is 0.245 e. The number of piperazine rings is 1. The molecule has 3 aromatic rings. The molecule has 1 saturated heterocycles. The van der Waals surface area contributed by atoms with Gasteiger partial charge in [0.15, 0.2) is 11.1 Å². The Morgan fingerprint density at radius 3 is 2.57 bits per heavy atom. The zero-order chi connectivity index (χ0) is 21.4. The number of fused-ring (bicyclic) bond motifs is 1. The molecule has 4 rings (SSSR count). The summed E-state index contributed by atoms with van der Waals surface area (Å²) in [5.41, 5.74) is 1.67. The zero-order valence-corrected chi connectivity index (χ0v) is 17.7. The van der Waals surface area contributed by atoms with Crippen LogP contribution in [0.2, 0.25) is 0 Å². The summed E-state index contributed by atoms with van der Waals surface area (Å²) in [5.74, 6) is -0.279. The van der Waals surface area contributed by atoms with E-state index in [4.69, 9.17) is 4.55 Å². The van der Waals surface area contributed by atoms with Crippen LogP contribution in [0.3, 0.4) is 0 Å². The first kappa shape index (κ1) is 20.6. The second-order valence-electron chi connectivity index (χ2n) is 7.64. The van der Waals surface area contributed by atoms with Crippen LogP contribution in [0, 0.1) is 5.82 Å². The van der Waals surface area contributed by atoms with E-state index in [0.29, 0.717) is 35.4 Å². The van der Waals surface area contributed by atoms with Crippen LogP contribution in [0.25, 0.3) is 10.9 Å². The number of carbonyl (C=O) groups is 1. The van der Waals surface area contributed by atoms with Crippen LogP contribution < -0.4 is 4.90 Å². The Balaban J connectivity index is 1.48.